The molecule has 0 fully saturated rings. The molecular formula is C22H28N2O4. The SMILES string of the molecule is CCCCN(C(=O)Oc1cccc(NC(=O)OC(C)C)c1)c1cccc(C)c1. The van der Waals surface area contributed by atoms with Gasteiger partial charge < -0.3 is 9.47 Å². The van der Waals surface area contributed by atoms with E-state index in [2.05, 4.69) is 12.2 Å². The van der Waals surface area contributed by atoms with Crippen molar-refractivity contribution in [1.29, 1.82) is 0 Å². The van der Waals surface area contributed by atoms with E-state index in [0.717, 1.165) is 24.1 Å². The number of ether oxygens (including phenoxy) is 2. The molecule has 0 saturated carbocycles. The molecule has 0 atom stereocenters. The number of anilines is 2. The normalized spacial score (nSPS) is 10.5. The molecule has 0 radical (unpaired) electrons. The van der Waals surface area contributed by atoms with Crippen molar-refractivity contribution >= 4 is 23.6 Å². The summed E-state index contributed by atoms with van der Waals surface area (Å²) in [6, 6.07) is 14.4. The smallest absolute Gasteiger partial charge is 0.419 e. The second kappa shape index (κ2) is 10.3. The number of benzene rings is 2. The summed E-state index contributed by atoms with van der Waals surface area (Å²) in [5.74, 6) is 0.349. The molecule has 0 bridgehead atoms. The number of aryl methyl sites for hydroxylation is 1. The molecule has 2 aromatic rings. The lowest BCUT2D eigenvalue weighted by Crippen LogP contribution is -2.34. The fourth-order valence-corrected chi connectivity index (χ4v) is 2.59. The fourth-order valence-electron chi connectivity index (χ4n) is 2.59. The summed E-state index contributed by atoms with van der Waals surface area (Å²) in [5, 5.41) is 2.62. The van der Waals surface area contributed by atoms with Crippen LogP contribution in [0.4, 0.5) is 21.0 Å². The second-order valence-electron chi connectivity index (χ2n) is 6.82. The molecule has 0 saturated heterocycles. The lowest BCUT2D eigenvalue weighted by molar-refractivity contribution is 0.130. The number of amides is 2. The second-order valence-corrected chi connectivity index (χ2v) is 6.82. The van der Waals surface area contributed by atoms with Crippen molar-refractivity contribution in [3.63, 3.8) is 0 Å². The highest BCUT2D eigenvalue weighted by Gasteiger charge is 2.18. The highest BCUT2D eigenvalue weighted by molar-refractivity contribution is 5.90. The standard InChI is InChI=1S/C22H28N2O4/c1-5-6-13-24(19-11-7-9-17(4)14-19)22(26)28-20-12-8-10-18(15-20)23-21(25)27-16(2)3/h7-12,14-16H,5-6,13H2,1-4H3,(H,23,25). The van der Waals surface area contributed by atoms with Gasteiger partial charge in [-0.3, -0.25) is 10.2 Å². The fraction of sp³-hybridized carbons (Fsp3) is 0.364. The molecule has 0 unspecified atom stereocenters. The van der Waals surface area contributed by atoms with Crippen LogP contribution in [-0.2, 0) is 4.74 Å². The number of hydrogen-bond acceptors (Lipinski definition) is 4. The molecule has 0 aliphatic rings. The van der Waals surface area contributed by atoms with E-state index in [1.165, 1.54) is 0 Å². The van der Waals surface area contributed by atoms with E-state index in [4.69, 9.17) is 9.47 Å². The largest absolute Gasteiger partial charge is 0.447 e. The van der Waals surface area contributed by atoms with Crippen LogP contribution in [0.2, 0.25) is 0 Å². The van der Waals surface area contributed by atoms with Crippen molar-refractivity contribution in [3.05, 3.63) is 54.1 Å². The average molecular weight is 384 g/mol. The number of rotatable bonds is 7. The Balaban J connectivity index is 2.12. The lowest BCUT2D eigenvalue weighted by atomic mass is 10.2. The molecule has 28 heavy (non-hydrogen) atoms. The molecule has 6 nitrogen and oxygen atoms in total. The summed E-state index contributed by atoms with van der Waals surface area (Å²) in [5.41, 5.74) is 2.36. The zero-order chi connectivity index (χ0) is 20.5. The van der Waals surface area contributed by atoms with Gasteiger partial charge in [0.05, 0.1) is 6.10 Å². The van der Waals surface area contributed by atoms with E-state index in [0.29, 0.717) is 18.0 Å². The highest BCUT2D eigenvalue weighted by Crippen LogP contribution is 2.22. The first-order valence-electron chi connectivity index (χ1n) is 9.52. The van der Waals surface area contributed by atoms with Crippen molar-refractivity contribution in [2.24, 2.45) is 0 Å². The van der Waals surface area contributed by atoms with Crippen LogP contribution in [0.25, 0.3) is 0 Å². The maximum atomic E-state index is 12.8. The Hall–Kier alpha value is -3.02. The minimum atomic E-state index is -0.553. The molecule has 0 aliphatic carbocycles. The number of hydrogen-bond donors (Lipinski definition) is 1. The molecule has 1 N–H and O–H groups in total. The topological polar surface area (TPSA) is 67.9 Å². The third-order valence-corrected chi connectivity index (χ3v) is 3.90. The summed E-state index contributed by atoms with van der Waals surface area (Å²) in [4.78, 5) is 26.2. The number of unbranched alkanes of at least 4 members (excludes halogenated alkanes) is 1. The molecule has 2 aromatic carbocycles. The molecule has 2 rings (SSSR count). The van der Waals surface area contributed by atoms with Gasteiger partial charge in [-0.05, 0) is 57.0 Å². The number of carbonyl (C=O) groups excluding carboxylic acids is 2. The highest BCUT2D eigenvalue weighted by atomic mass is 16.6. The van der Waals surface area contributed by atoms with Crippen molar-refractivity contribution in [2.45, 2.75) is 46.6 Å². The van der Waals surface area contributed by atoms with E-state index in [1.807, 2.05) is 31.2 Å². The van der Waals surface area contributed by atoms with Gasteiger partial charge in [-0.1, -0.05) is 31.5 Å². The van der Waals surface area contributed by atoms with Crippen LogP contribution in [0.15, 0.2) is 48.5 Å². The van der Waals surface area contributed by atoms with Crippen molar-refractivity contribution in [2.75, 3.05) is 16.8 Å². The number of nitrogens with one attached hydrogen (secondary N) is 1. The van der Waals surface area contributed by atoms with Crippen molar-refractivity contribution < 1.29 is 19.1 Å². The first-order valence-corrected chi connectivity index (χ1v) is 9.52. The number of nitrogens with zero attached hydrogens (tertiary/aromatic N) is 1. The van der Waals surface area contributed by atoms with E-state index in [9.17, 15) is 9.59 Å². The Morgan fingerprint density at radius 2 is 1.86 bits per heavy atom. The van der Waals surface area contributed by atoms with Crippen LogP contribution in [0, 0.1) is 6.92 Å². The van der Waals surface area contributed by atoms with Gasteiger partial charge in [-0.15, -0.1) is 0 Å². The maximum Gasteiger partial charge on any atom is 0.419 e. The molecule has 0 aliphatic heterocycles. The summed E-state index contributed by atoms with van der Waals surface area (Å²) in [6.07, 6.45) is 0.602. The molecule has 0 spiro atoms. The molecule has 150 valence electrons. The van der Waals surface area contributed by atoms with Crippen LogP contribution in [0.5, 0.6) is 5.75 Å². The van der Waals surface area contributed by atoms with E-state index in [-0.39, 0.29) is 6.10 Å². The Morgan fingerprint density at radius 3 is 2.54 bits per heavy atom. The van der Waals surface area contributed by atoms with Crippen LogP contribution in [0.1, 0.15) is 39.2 Å². The van der Waals surface area contributed by atoms with Gasteiger partial charge in [0.25, 0.3) is 0 Å². The van der Waals surface area contributed by atoms with E-state index < -0.39 is 12.2 Å². The first kappa shape index (κ1) is 21.3. The van der Waals surface area contributed by atoms with Gasteiger partial charge in [-0.25, -0.2) is 9.59 Å². The summed E-state index contributed by atoms with van der Waals surface area (Å²) >= 11 is 0. The van der Waals surface area contributed by atoms with Crippen LogP contribution in [-0.4, -0.2) is 24.8 Å². The minimum Gasteiger partial charge on any atom is -0.447 e. The van der Waals surface area contributed by atoms with Crippen molar-refractivity contribution in [1.82, 2.24) is 0 Å². The first-order chi connectivity index (χ1) is 13.4. The van der Waals surface area contributed by atoms with Gasteiger partial charge in [-0.2, -0.15) is 0 Å². The molecule has 0 aromatic heterocycles. The quantitative estimate of drug-likeness (QED) is 0.659. The predicted molar refractivity (Wildman–Crippen MR) is 111 cm³/mol. The van der Waals surface area contributed by atoms with Crippen molar-refractivity contribution in [3.8, 4) is 5.75 Å². The molecular weight excluding hydrogens is 356 g/mol. The Kier molecular flexibility index (Phi) is 7.87. The van der Waals surface area contributed by atoms with Crippen LogP contribution in [0.3, 0.4) is 0 Å². The van der Waals surface area contributed by atoms with Gasteiger partial charge >= 0.3 is 12.2 Å². The van der Waals surface area contributed by atoms with Gasteiger partial charge in [0.15, 0.2) is 0 Å². The molecule has 0 heterocycles. The number of carbonyl (C=O) groups is 2. The Labute approximate surface area is 166 Å². The van der Waals surface area contributed by atoms with E-state index >= 15 is 0 Å². The summed E-state index contributed by atoms with van der Waals surface area (Å²) < 4.78 is 10.6. The van der Waals surface area contributed by atoms with E-state index in [1.54, 1.807) is 43.0 Å². The zero-order valence-electron chi connectivity index (χ0n) is 16.9. The third-order valence-electron chi connectivity index (χ3n) is 3.90. The zero-order valence-corrected chi connectivity index (χ0v) is 16.9. The average Bonchev–Trinajstić information content (AvgIpc) is 2.61. The maximum absolute atomic E-state index is 12.8. The van der Waals surface area contributed by atoms with Gasteiger partial charge in [0.2, 0.25) is 0 Å². The minimum absolute atomic E-state index is 0.220. The lowest BCUT2D eigenvalue weighted by Gasteiger charge is -2.22. The van der Waals surface area contributed by atoms with Gasteiger partial charge in [0, 0.05) is 24.0 Å². The summed E-state index contributed by atoms with van der Waals surface area (Å²) in [7, 11) is 0. The monoisotopic (exact) mass is 384 g/mol. The van der Waals surface area contributed by atoms with Crippen LogP contribution >= 0.6 is 0 Å². The van der Waals surface area contributed by atoms with Gasteiger partial charge in [0.1, 0.15) is 5.75 Å². The third kappa shape index (κ3) is 6.61. The van der Waals surface area contributed by atoms with Crippen LogP contribution < -0.4 is 15.0 Å². The Morgan fingerprint density at radius 1 is 1.11 bits per heavy atom. The Bertz CT molecular complexity index is 805. The molecule has 6 heteroatoms. The summed E-state index contributed by atoms with van der Waals surface area (Å²) in [6.45, 7) is 8.17. The predicted octanol–water partition coefficient (Wildman–Crippen LogP) is 5.76. The molecule has 2 amide bonds.